The number of alkyl halides is 3. The van der Waals surface area contributed by atoms with E-state index < -0.39 is 12.1 Å². The van der Waals surface area contributed by atoms with Crippen LogP contribution in [0.15, 0.2) is 24.3 Å². The van der Waals surface area contributed by atoms with E-state index in [1.165, 1.54) is 0 Å². The maximum atomic E-state index is 12.6. The predicted octanol–water partition coefficient (Wildman–Crippen LogP) is 2.39. The normalized spacial score (nSPS) is 30.4. The summed E-state index contributed by atoms with van der Waals surface area (Å²) in [4.78, 5) is 2.04. The number of halogens is 3. The van der Waals surface area contributed by atoms with Crippen molar-refractivity contribution >= 4 is 5.69 Å². The Morgan fingerprint density at radius 2 is 1.67 bits per heavy atom. The molecule has 5 heteroatoms. The highest BCUT2D eigenvalue weighted by molar-refractivity contribution is 5.50. The van der Waals surface area contributed by atoms with Gasteiger partial charge < -0.3 is 10.6 Å². The van der Waals surface area contributed by atoms with Crippen LogP contribution in [0.4, 0.5) is 18.9 Å². The van der Waals surface area contributed by atoms with Gasteiger partial charge >= 0.3 is 6.18 Å². The van der Waals surface area contributed by atoms with Crippen LogP contribution >= 0.6 is 0 Å². The molecule has 2 fully saturated rings. The number of nitrogens with two attached hydrogens (primary N) is 1. The van der Waals surface area contributed by atoms with Crippen molar-refractivity contribution in [2.45, 2.75) is 12.7 Å². The Labute approximate surface area is 104 Å². The molecule has 1 aliphatic heterocycles. The minimum absolute atomic E-state index is 0.195. The van der Waals surface area contributed by atoms with Gasteiger partial charge in [0, 0.05) is 25.3 Å². The van der Waals surface area contributed by atoms with E-state index in [0.717, 1.165) is 11.3 Å². The van der Waals surface area contributed by atoms with Crippen molar-refractivity contribution in [2.75, 3.05) is 18.0 Å². The van der Waals surface area contributed by atoms with Crippen molar-refractivity contribution in [2.24, 2.45) is 23.5 Å². The zero-order chi connectivity index (χ0) is 12.9. The van der Waals surface area contributed by atoms with Crippen LogP contribution in [0, 0.1) is 17.8 Å². The Hall–Kier alpha value is -1.23. The van der Waals surface area contributed by atoms with Crippen LogP contribution in [0.5, 0.6) is 0 Å². The maximum Gasteiger partial charge on any atom is 0.392 e. The molecule has 3 rings (SSSR count). The molecule has 1 saturated carbocycles. The van der Waals surface area contributed by atoms with E-state index in [4.69, 9.17) is 5.73 Å². The van der Waals surface area contributed by atoms with Gasteiger partial charge in [-0.2, -0.15) is 13.2 Å². The summed E-state index contributed by atoms with van der Waals surface area (Å²) in [5.74, 6) is -1.45. The van der Waals surface area contributed by atoms with Crippen LogP contribution in [0.25, 0.3) is 0 Å². The van der Waals surface area contributed by atoms with E-state index in [1.54, 1.807) is 0 Å². The number of hydrogen-bond donors (Lipinski definition) is 1. The SMILES string of the molecule is NCc1ccc(N2CC3C(C2)C3C(F)(F)F)cc1. The van der Waals surface area contributed by atoms with E-state index in [-0.39, 0.29) is 11.8 Å². The smallest absolute Gasteiger partial charge is 0.371 e. The van der Waals surface area contributed by atoms with Gasteiger partial charge in [-0.1, -0.05) is 12.1 Å². The van der Waals surface area contributed by atoms with E-state index in [1.807, 2.05) is 29.2 Å². The van der Waals surface area contributed by atoms with Crippen LogP contribution in [0.3, 0.4) is 0 Å². The average Bonchev–Trinajstić information content (AvgIpc) is 2.87. The van der Waals surface area contributed by atoms with Gasteiger partial charge in [0.2, 0.25) is 0 Å². The number of benzene rings is 1. The van der Waals surface area contributed by atoms with Crippen LogP contribution in [-0.2, 0) is 6.54 Å². The topological polar surface area (TPSA) is 29.3 Å². The second kappa shape index (κ2) is 3.88. The quantitative estimate of drug-likeness (QED) is 0.880. The van der Waals surface area contributed by atoms with Crippen LogP contribution in [0.1, 0.15) is 5.56 Å². The standard InChI is InChI=1S/C13H15F3N2/c14-13(15,16)12-10-6-18(7-11(10)12)9-3-1-8(5-17)2-4-9/h1-4,10-12H,5-7,17H2. The van der Waals surface area contributed by atoms with E-state index >= 15 is 0 Å². The molecule has 1 aromatic rings. The van der Waals surface area contributed by atoms with Gasteiger partial charge in [0.25, 0.3) is 0 Å². The third kappa shape index (κ3) is 1.86. The number of anilines is 1. The number of piperidine rings is 1. The zero-order valence-corrected chi connectivity index (χ0v) is 9.82. The molecule has 1 saturated heterocycles. The summed E-state index contributed by atoms with van der Waals surface area (Å²) in [6.07, 6.45) is -4.01. The van der Waals surface area contributed by atoms with Gasteiger partial charge in [-0.15, -0.1) is 0 Å². The second-order valence-electron chi connectivity index (χ2n) is 5.17. The Balaban J connectivity index is 1.65. The summed E-state index contributed by atoms with van der Waals surface area (Å²) in [5.41, 5.74) is 7.55. The number of nitrogens with zero attached hydrogens (tertiary/aromatic N) is 1. The van der Waals surface area contributed by atoms with Crippen molar-refractivity contribution < 1.29 is 13.2 Å². The van der Waals surface area contributed by atoms with E-state index in [2.05, 4.69) is 0 Å². The van der Waals surface area contributed by atoms with Gasteiger partial charge in [0.15, 0.2) is 0 Å². The third-order valence-corrected chi connectivity index (χ3v) is 4.11. The molecule has 0 aromatic heterocycles. The highest BCUT2D eigenvalue weighted by Gasteiger charge is 2.67. The van der Waals surface area contributed by atoms with Gasteiger partial charge in [0.05, 0.1) is 5.92 Å². The predicted molar refractivity (Wildman–Crippen MR) is 63.1 cm³/mol. The molecule has 1 heterocycles. The van der Waals surface area contributed by atoms with Gasteiger partial charge in [0.1, 0.15) is 0 Å². The fraction of sp³-hybridized carbons (Fsp3) is 0.538. The minimum atomic E-state index is -4.01. The monoisotopic (exact) mass is 256 g/mol. The lowest BCUT2D eigenvalue weighted by molar-refractivity contribution is -0.154. The fourth-order valence-electron chi connectivity index (χ4n) is 3.07. The Kier molecular flexibility index (Phi) is 2.55. The number of hydrogen-bond acceptors (Lipinski definition) is 2. The molecule has 2 N–H and O–H groups in total. The first kappa shape index (κ1) is 11.8. The highest BCUT2D eigenvalue weighted by Crippen LogP contribution is 2.59. The Bertz CT molecular complexity index is 429. The first-order chi connectivity index (χ1) is 8.50. The molecule has 18 heavy (non-hydrogen) atoms. The van der Waals surface area contributed by atoms with E-state index in [0.29, 0.717) is 19.6 Å². The molecule has 0 spiro atoms. The summed E-state index contributed by atoms with van der Waals surface area (Å²) in [6.45, 7) is 1.54. The molecule has 2 nitrogen and oxygen atoms in total. The molecule has 2 unspecified atom stereocenters. The van der Waals surface area contributed by atoms with Crippen molar-refractivity contribution in [3.05, 3.63) is 29.8 Å². The molecular weight excluding hydrogens is 241 g/mol. The largest absolute Gasteiger partial charge is 0.392 e. The molecule has 1 aromatic carbocycles. The van der Waals surface area contributed by atoms with Gasteiger partial charge in [-0.3, -0.25) is 0 Å². The fourth-order valence-corrected chi connectivity index (χ4v) is 3.07. The third-order valence-electron chi connectivity index (χ3n) is 4.11. The van der Waals surface area contributed by atoms with Crippen molar-refractivity contribution in [1.29, 1.82) is 0 Å². The molecule has 0 amide bonds. The van der Waals surface area contributed by atoms with Gasteiger partial charge in [-0.25, -0.2) is 0 Å². The Morgan fingerprint density at radius 3 is 2.11 bits per heavy atom. The highest BCUT2D eigenvalue weighted by atomic mass is 19.4. The molecule has 2 atom stereocenters. The first-order valence-electron chi connectivity index (χ1n) is 6.11. The first-order valence-corrected chi connectivity index (χ1v) is 6.11. The summed E-state index contributed by atoms with van der Waals surface area (Å²) in [6, 6.07) is 7.74. The summed E-state index contributed by atoms with van der Waals surface area (Å²) < 4.78 is 37.7. The van der Waals surface area contributed by atoms with Gasteiger partial charge in [-0.05, 0) is 29.5 Å². The molecule has 98 valence electrons. The molecule has 0 bridgehead atoms. The second-order valence-corrected chi connectivity index (χ2v) is 5.17. The minimum Gasteiger partial charge on any atom is -0.371 e. The number of fused-ring (bicyclic) bond motifs is 1. The molecule has 1 aliphatic carbocycles. The summed E-state index contributed by atoms with van der Waals surface area (Å²) >= 11 is 0. The van der Waals surface area contributed by atoms with Crippen LogP contribution < -0.4 is 10.6 Å². The van der Waals surface area contributed by atoms with Crippen molar-refractivity contribution in [1.82, 2.24) is 0 Å². The zero-order valence-electron chi connectivity index (χ0n) is 9.82. The lowest BCUT2D eigenvalue weighted by Crippen LogP contribution is -2.28. The summed E-state index contributed by atoms with van der Waals surface area (Å²) in [5, 5.41) is 0. The van der Waals surface area contributed by atoms with Crippen molar-refractivity contribution in [3.8, 4) is 0 Å². The van der Waals surface area contributed by atoms with E-state index in [9.17, 15) is 13.2 Å². The molecule has 0 radical (unpaired) electrons. The maximum absolute atomic E-state index is 12.6. The van der Waals surface area contributed by atoms with Crippen LogP contribution in [-0.4, -0.2) is 19.3 Å². The summed E-state index contributed by atoms with van der Waals surface area (Å²) in [7, 11) is 0. The van der Waals surface area contributed by atoms with Crippen LogP contribution in [0.2, 0.25) is 0 Å². The average molecular weight is 256 g/mol. The molecular formula is C13H15F3N2. The molecule has 2 aliphatic rings. The lowest BCUT2D eigenvalue weighted by atomic mass is 10.2. The lowest BCUT2D eigenvalue weighted by Gasteiger charge is -2.23. The Morgan fingerprint density at radius 1 is 1.11 bits per heavy atom. The van der Waals surface area contributed by atoms with Crippen molar-refractivity contribution in [3.63, 3.8) is 0 Å². The number of rotatable bonds is 2.